The van der Waals surface area contributed by atoms with Gasteiger partial charge in [0.25, 0.3) is 0 Å². The molecule has 0 atom stereocenters. The van der Waals surface area contributed by atoms with Gasteiger partial charge in [-0.25, -0.2) is 0 Å². The molecule has 0 aliphatic rings. The number of rotatable bonds is 4. The van der Waals surface area contributed by atoms with E-state index < -0.39 is 0 Å². The molecule has 0 saturated heterocycles. The topological polar surface area (TPSA) is 51.0 Å². The zero-order chi connectivity index (χ0) is 15.5. The lowest BCUT2D eigenvalue weighted by Crippen LogP contribution is -1.99. The molecule has 0 unspecified atom stereocenters. The molecule has 0 amide bonds. The number of nitrogens with zero attached hydrogens (tertiary/aromatic N) is 2. The summed E-state index contributed by atoms with van der Waals surface area (Å²) < 4.78 is 5.60. The van der Waals surface area contributed by atoms with E-state index in [-0.39, 0.29) is 0 Å². The van der Waals surface area contributed by atoms with Crippen molar-refractivity contribution in [2.75, 3.05) is 5.32 Å². The summed E-state index contributed by atoms with van der Waals surface area (Å²) in [6, 6.07) is 12.4. The molecule has 0 bridgehead atoms. The second-order valence-corrected chi connectivity index (χ2v) is 5.83. The van der Waals surface area contributed by atoms with Gasteiger partial charge in [0.2, 0.25) is 11.8 Å². The molecule has 4 nitrogen and oxygen atoms in total. The normalized spacial score (nSPS) is 10.7. The number of anilines is 1. The van der Waals surface area contributed by atoms with E-state index in [1.165, 1.54) is 0 Å². The number of nitrogens with one attached hydrogen (secondary N) is 1. The van der Waals surface area contributed by atoms with Crippen molar-refractivity contribution in [2.24, 2.45) is 0 Å². The minimum Gasteiger partial charge on any atom is -0.419 e. The van der Waals surface area contributed by atoms with Gasteiger partial charge in [-0.05, 0) is 42.5 Å². The Bertz CT molecular complexity index is 767. The maximum Gasteiger partial charge on any atom is 0.247 e. The predicted molar refractivity (Wildman–Crippen MR) is 88.5 cm³/mol. The quantitative estimate of drug-likeness (QED) is 0.690. The summed E-state index contributed by atoms with van der Waals surface area (Å²) in [4.78, 5) is 0. The average Bonchev–Trinajstić information content (AvgIpc) is 2.94. The molecule has 0 aliphatic heterocycles. The standard InChI is InChI=1S/C15H10Cl3N3O/c16-10-3-1-9(2-4-10)15-21-20-14(22-15)8-19-13-6-11(17)5-12(18)7-13/h1-7,19H,8H2. The van der Waals surface area contributed by atoms with Crippen LogP contribution in [0.4, 0.5) is 5.69 Å². The van der Waals surface area contributed by atoms with Crippen LogP contribution in [-0.2, 0) is 6.54 Å². The van der Waals surface area contributed by atoms with Crippen molar-refractivity contribution in [1.82, 2.24) is 10.2 Å². The van der Waals surface area contributed by atoms with Crippen LogP contribution < -0.4 is 5.32 Å². The van der Waals surface area contributed by atoms with Crippen molar-refractivity contribution in [2.45, 2.75) is 6.54 Å². The van der Waals surface area contributed by atoms with Crippen LogP contribution in [-0.4, -0.2) is 10.2 Å². The molecule has 0 spiro atoms. The van der Waals surface area contributed by atoms with Gasteiger partial charge in [0.1, 0.15) is 0 Å². The summed E-state index contributed by atoms with van der Waals surface area (Å²) in [5, 5.41) is 12.9. The Morgan fingerprint density at radius 3 is 2.23 bits per heavy atom. The van der Waals surface area contributed by atoms with Gasteiger partial charge in [-0.1, -0.05) is 34.8 Å². The zero-order valence-corrected chi connectivity index (χ0v) is 13.5. The first kappa shape index (κ1) is 15.2. The molecule has 3 aromatic rings. The molecular formula is C15H10Cl3N3O. The monoisotopic (exact) mass is 353 g/mol. The predicted octanol–water partition coefficient (Wildman–Crippen LogP) is 5.31. The Labute approximate surface area is 142 Å². The summed E-state index contributed by atoms with van der Waals surface area (Å²) >= 11 is 17.7. The Morgan fingerprint density at radius 2 is 1.55 bits per heavy atom. The first-order valence-corrected chi connectivity index (χ1v) is 7.52. The SMILES string of the molecule is Clc1ccc(-c2nnc(CNc3cc(Cl)cc(Cl)c3)o2)cc1. The van der Waals surface area contributed by atoms with Crippen molar-refractivity contribution in [3.8, 4) is 11.5 Å². The zero-order valence-electron chi connectivity index (χ0n) is 11.2. The Morgan fingerprint density at radius 1 is 0.864 bits per heavy atom. The minimum absolute atomic E-state index is 0.372. The van der Waals surface area contributed by atoms with E-state index in [1.807, 2.05) is 12.1 Å². The fourth-order valence-corrected chi connectivity index (χ4v) is 2.52. The third-order valence-electron chi connectivity index (χ3n) is 2.86. The Balaban J connectivity index is 1.70. The number of hydrogen-bond acceptors (Lipinski definition) is 4. The lowest BCUT2D eigenvalue weighted by atomic mass is 10.2. The van der Waals surface area contributed by atoms with Crippen molar-refractivity contribution < 1.29 is 4.42 Å². The van der Waals surface area contributed by atoms with Gasteiger partial charge >= 0.3 is 0 Å². The van der Waals surface area contributed by atoms with Gasteiger partial charge in [-0.3, -0.25) is 0 Å². The number of benzene rings is 2. The Kier molecular flexibility index (Phi) is 4.52. The largest absolute Gasteiger partial charge is 0.419 e. The van der Waals surface area contributed by atoms with Crippen LogP contribution in [0.15, 0.2) is 46.9 Å². The molecule has 1 heterocycles. The van der Waals surface area contributed by atoms with Gasteiger partial charge in [0.05, 0.1) is 6.54 Å². The fraction of sp³-hybridized carbons (Fsp3) is 0.0667. The van der Waals surface area contributed by atoms with Crippen LogP contribution in [0, 0.1) is 0 Å². The third kappa shape index (κ3) is 3.71. The van der Waals surface area contributed by atoms with E-state index >= 15 is 0 Å². The summed E-state index contributed by atoms with van der Waals surface area (Å²) in [6.45, 7) is 0.372. The van der Waals surface area contributed by atoms with Crippen molar-refractivity contribution in [3.05, 3.63) is 63.4 Å². The van der Waals surface area contributed by atoms with E-state index in [4.69, 9.17) is 39.2 Å². The summed E-state index contributed by atoms with van der Waals surface area (Å²) in [6.07, 6.45) is 0. The summed E-state index contributed by atoms with van der Waals surface area (Å²) in [7, 11) is 0. The van der Waals surface area contributed by atoms with Gasteiger partial charge in [0, 0.05) is 26.3 Å². The molecule has 0 saturated carbocycles. The first-order valence-electron chi connectivity index (χ1n) is 6.38. The van der Waals surface area contributed by atoms with Crippen molar-refractivity contribution in [1.29, 1.82) is 0 Å². The Hall–Kier alpha value is -1.75. The minimum atomic E-state index is 0.372. The van der Waals surface area contributed by atoms with Gasteiger partial charge < -0.3 is 9.73 Å². The number of halogens is 3. The molecule has 7 heteroatoms. The van der Waals surface area contributed by atoms with Crippen LogP contribution in [0.2, 0.25) is 15.1 Å². The van der Waals surface area contributed by atoms with E-state index in [1.54, 1.807) is 30.3 Å². The maximum atomic E-state index is 5.94. The van der Waals surface area contributed by atoms with Crippen LogP contribution >= 0.6 is 34.8 Å². The maximum absolute atomic E-state index is 5.94. The molecule has 2 aromatic carbocycles. The van der Waals surface area contributed by atoms with E-state index in [9.17, 15) is 0 Å². The van der Waals surface area contributed by atoms with Crippen molar-refractivity contribution in [3.63, 3.8) is 0 Å². The second kappa shape index (κ2) is 6.57. The molecule has 0 radical (unpaired) electrons. The molecule has 0 aliphatic carbocycles. The number of hydrogen-bond donors (Lipinski definition) is 1. The lowest BCUT2D eigenvalue weighted by molar-refractivity contribution is 0.515. The molecule has 0 fully saturated rings. The van der Waals surface area contributed by atoms with Crippen molar-refractivity contribution >= 4 is 40.5 Å². The van der Waals surface area contributed by atoms with Crippen LogP contribution in [0.25, 0.3) is 11.5 Å². The van der Waals surface area contributed by atoms with Gasteiger partial charge in [-0.15, -0.1) is 10.2 Å². The molecular weight excluding hydrogens is 345 g/mol. The highest BCUT2D eigenvalue weighted by molar-refractivity contribution is 6.35. The van der Waals surface area contributed by atoms with Gasteiger partial charge in [0.15, 0.2) is 0 Å². The molecule has 1 aromatic heterocycles. The van der Waals surface area contributed by atoms with Crippen LogP contribution in [0.5, 0.6) is 0 Å². The molecule has 3 rings (SSSR count). The van der Waals surface area contributed by atoms with E-state index in [2.05, 4.69) is 15.5 Å². The van der Waals surface area contributed by atoms with Crippen LogP contribution in [0.1, 0.15) is 5.89 Å². The lowest BCUT2D eigenvalue weighted by Gasteiger charge is -2.04. The van der Waals surface area contributed by atoms with E-state index in [0.717, 1.165) is 11.3 Å². The smallest absolute Gasteiger partial charge is 0.247 e. The average molecular weight is 355 g/mol. The third-order valence-corrected chi connectivity index (χ3v) is 3.55. The van der Waals surface area contributed by atoms with Gasteiger partial charge in [-0.2, -0.15) is 0 Å². The summed E-state index contributed by atoms with van der Waals surface area (Å²) in [5.74, 6) is 0.902. The highest BCUT2D eigenvalue weighted by Crippen LogP contribution is 2.24. The molecule has 112 valence electrons. The molecule has 1 N–H and O–H groups in total. The van der Waals surface area contributed by atoms with E-state index in [0.29, 0.717) is 33.4 Å². The number of aromatic nitrogens is 2. The summed E-state index contributed by atoms with van der Waals surface area (Å²) in [5.41, 5.74) is 1.60. The fourth-order valence-electron chi connectivity index (χ4n) is 1.87. The highest BCUT2D eigenvalue weighted by atomic mass is 35.5. The second-order valence-electron chi connectivity index (χ2n) is 4.52. The molecule has 22 heavy (non-hydrogen) atoms. The van der Waals surface area contributed by atoms with Crippen LogP contribution in [0.3, 0.4) is 0 Å². The highest BCUT2D eigenvalue weighted by Gasteiger charge is 2.08. The first-order chi connectivity index (χ1) is 10.6.